The van der Waals surface area contributed by atoms with Gasteiger partial charge in [-0.1, -0.05) is 35.9 Å². The van der Waals surface area contributed by atoms with E-state index in [1.165, 1.54) is 0 Å². The normalized spacial score (nSPS) is 21.5. The molecule has 0 spiro atoms. The van der Waals surface area contributed by atoms with Crippen LogP contribution in [0.5, 0.6) is 5.75 Å². The van der Waals surface area contributed by atoms with Gasteiger partial charge in [0.05, 0.1) is 12.7 Å². The van der Waals surface area contributed by atoms with Gasteiger partial charge in [-0.3, -0.25) is 9.59 Å². The third kappa shape index (κ3) is 4.28. The lowest BCUT2D eigenvalue weighted by Crippen LogP contribution is -2.54. The van der Waals surface area contributed by atoms with Gasteiger partial charge in [0.1, 0.15) is 11.8 Å². The number of nitrogens with one attached hydrogen (secondary N) is 2. The van der Waals surface area contributed by atoms with Crippen molar-refractivity contribution in [1.82, 2.24) is 20.7 Å². The molecule has 2 N–H and O–H groups in total. The van der Waals surface area contributed by atoms with Crippen LogP contribution in [-0.2, 0) is 4.79 Å². The molecule has 8 heteroatoms. The van der Waals surface area contributed by atoms with Gasteiger partial charge < -0.3 is 14.5 Å². The Hall–Kier alpha value is -2.61. The molecular weight excluding hydrogens is 404 g/mol. The molecule has 0 saturated carbocycles. The zero-order valence-corrected chi connectivity index (χ0v) is 17.6. The Morgan fingerprint density at radius 1 is 0.967 bits per heavy atom. The summed E-state index contributed by atoms with van der Waals surface area (Å²) >= 11 is 5.96. The number of carbonyl (C=O) groups is 2. The average Bonchev–Trinajstić information content (AvgIpc) is 3.29. The van der Waals surface area contributed by atoms with Crippen molar-refractivity contribution in [2.24, 2.45) is 0 Å². The number of amides is 2. The number of para-hydroxylation sites is 1. The molecule has 2 aliphatic rings. The molecule has 2 aromatic carbocycles. The Morgan fingerprint density at radius 2 is 1.63 bits per heavy atom. The molecule has 2 aliphatic heterocycles. The van der Waals surface area contributed by atoms with E-state index < -0.39 is 0 Å². The van der Waals surface area contributed by atoms with Crippen LogP contribution in [0.15, 0.2) is 48.5 Å². The summed E-state index contributed by atoms with van der Waals surface area (Å²) in [5.74, 6) is 0.557. The molecule has 7 nitrogen and oxygen atoms in total. The predicted octanol–water partition coefficient (Wildman–Crippen LogP) is 2.24. The lowest BCUT2D eigenvalue weighted by Gasteiger charge is -2.36. The first-order chi connectivity index (χ1) is 14.6. The van der Waals surface area contributed by atoms with Gasteiger partial charge in [-0.2, -0.15) is 0 Å². The predicted molar refractivity (Wildman–Crippen MR) is 114 cm³/mol. The third-order valence-electron chi connectivity index (χ3n) is 5.69. The SMILES string of the molecule is COc1ccccc1C(=O)N1CCN(C(=O)C2CC(c3ccc(Cl)cc3)NN2)CC1. The lowest BCUT2D eigenvalue weighted by molar-refractivity contribution is -0.134. The summed E-state index contributed by atoms with van der Waals surface area (Å²) in [6.07, 6.45) is 0.667. The van der Waals surface area contributed by atoms with E-state index in [0.717, 1.165) is 5.56 Å². The van der Waals surface area contributed by atoms with Gasteiger partial charge in [-0.05, 0) is 36.2 Å². The highest BCUT2D eigenvalue weighted by atomic mass is 35.5. The summed E-state index contributed by atoms with van der Waals surface area (Å²) < 4.78 is 5.30. The van der Waals surface area contributed by atoms with Crippen molar-refractivity contribution in [2.75, 3.05) is 33.3 Å². The van der Waals surface area contributed by atoms with Crippen LogP contribution >= 0.6 is 11.6 Å². The second-order valence-electron chi connectivity index (χ2n) is 7.50. The molecule has 0 aromatic heterocycles. The van der Waals surface area contributed by atoms with Crippen molar-refractivity contribution in [3.63, 3.8) is 0 Å². The molecular formula is C22H25ClN4O3. The zero-order chi connectivity index (χ0) is 21.1. The highest BCUT2D eigenvalue weighted by Crippen LogP contribution is 2.25. The molecule has 2 amide bonds. The summed E-state index contributed by atoms with van der Waals surface area (Å²) in [7, 11) is 1.56. The molecule has 2 aromatic rings. The fraction of sp³-hybridized carbons (Fsp3) is 0.364. The Labute approximate surface area is 180 Å². The number of ether oxygens (including phenoxy) is 1. The van der Waals surface area contributed by atoms with E-state index in [1.54, 1.807) is 24.1 Å². The number of halogens is 1. The van der Waals surface area contributed by atoms with Crippen LogP contribution in [0.2, 0.25) is 5.02 Å². The minimum Gasteiger partial charge on any atom is -0.496 e. The number of nitrogens with zero attached hydrogens (tertiary/aromatic N) is 2. The van der Waals surface area contributed by atoms with Gasteiger partial charge in [-0.25, -0.2) is 10.9 Å². The molecule has 2 unspecified atom stereocenters. The summed E-state index contributed by atoms with van der Waals surface area (Å²) in [6.45, 7) is 2.04. The monoisotopic (exact) mass is 428 g/mol. The molecule has 0 radical (unpaired) electrons. The molecule has 158 valence electrons. The highest BCUT2D eigenvalue weighted by molar-refractivity contribution is 6.30. The second-order valence-corrected chi connectivity index (χ2v) is 7.94. The van der Waals surface area contributed by atoms with E-state index in [9.17, 15) is 9.59 Å². The third-order valence-corrected chi connectivity index (χ3v) is 5.94. The van der Waals surface area contributed by atoms with Crippen molar-refractivity contribution in [3.05, 3.63) is 64.7 Å². The molecule has 2 heterocycles. The molecule has 4 rings (SSSR count). The Bertz CT molecular complexity index is 913. The molecule has 2 fully saturated rings. The number of carbonyl (C=O) groups excluding carboxylic acids is 2. The maximum absolute atomic E-state index is 13.0. The van der Waals surface area contributed by atoms with E-state index in [1.807, 2.05) is 41.3 Å². The Balaban J connectivity index is 1.32. The minimum atomic E-state index is -0.290. The number of methoxy groups -OCH3 is 1. The fourth-order valence-electron chi connectivity index (χ4n) is 3.97. The smallest absolute Gasteiger partial charge is 0.257 e. The van der Waals surface area contributed by atoms with Gasteiger partial charge in [-0.15, -0.1) is 0 Å². The Morgan fingerprint density at radius 3 is 2.33 bits per heavy atom. The van der Waals surface area contributed by atoms with E-state index >= 15 is 0 Å². The van der Waals surface area contributed by atoms with Crippen LogP contribution in [0.1, 0.15) is 28.4 Å². The maximum atomic E-state index is 13.0. The first-order valence-electron chi connectivity index (χ1n) is 10.0. The van der Waals surface area contributed by atoms with Gasteiger partial charge in [0.2, 0.25) is 5.91 Å². The summed E-state index contributed by atoms with van der Waals surface area (Å²) in [6, 6.07) is 14.6. The summed E-state index contributed by atoms with van der Waals surface area (Å²) in [5, 5.41) is 0.692. The van der Waals surface area contributed by atoms with E-state index in [4.69, 9.17) is 16.3 Å². The molecule has 2 saturated heterocycles. The first kappa shape index (κ1) is 20.7. The zero-order valence-electron chi connectivity index (χ0n) is 16.8. The second kappa shape index (κ2) is 9.04. The van der Waals surface area contributed by atoms with Crippen molar-refractivity contribution in [1.29, 1.82) is 0 Å². The van der Waals surface area contributed by atoms with Crippen molar-refractivity contribution in [2.45, 2.75) is 18.5 Å². The summed E-state index contributed by atoms with van der Waals surface area (Å²) in [5.41, 5.74) is 7.97. The topological polar surface area (TPSA) is 73.9 Å². The lowest BCUT2D eigenvalue weighted by atomic mass is 10.0. The number of hydrogen-bond acceptors (Lipinski definition) is 5. The van der Waals surface area contributed by atoms with Gasteiger partial charge in [0, 0.05) is 37.2 Å². The van der Waals surface area contributed by atoms with Crippen LogP contribution in [0, 0.1) is 0 Å². The van der Waals surface area contributed by atoms with E-state index in [2.05, 4.69) is 10.9 Å². The molecule has 30 heavy (non-hydrogen) atoms. The first-order valence-corrected chi connectivity index (χ1v) is 10.4. The standard InChI is InChI=1S/C22H25ClN4O3/c1-30-20-5-3-2-4-17(20)21(28)26-10-12-27(13-11-26)22(29)19-14-18(24-25-19)15-6-8-16(23)9-7-15/h2-9,18-19,24-25H,10-14H2,1H3. The van der Waals surface area contributed by atoms with E-state index in [-0.39, 0.29) is 23.9 Å². The maximum Gasteiger partial charge on any atom is 0.257 e. The highest BCUT2D eigenvalue weighted by Gasteiger charge is 2.35. The minimum absolute atomic E-state index is 0.0587. The van der Waals surface area contributed by atoms with Crippen LogP contribution in [0.25, 0.3) is 0 Å². The number of piperazine rings is 1. The van der Waals surface area contributed by atoms with Crippen LogP contribution < -0.4 is 15.6 Å². The Kier molecular flexibility index (Phi) is 6.22. The van der Waals surface area contributed by atoms with Gasteiger partial charge in [0.25, 0.3) is 5.91 Å². The molecule has 0 bridgehead atoms. The van der Waals surface area contributed by atoms with Gasteiger partial charge in [0.15, 0.2) is 0 Å². The van der Waals surface area contributed by atoms with E-state index in [0.29, 0.717) is 48.9 Å². The van der Waals surface area contributed by atoms with Crippen LogP contribution in [-0.4, -0.2) is 60.9 Å². The van der Waals surface area contributed by atoms with Crippen molar-refractivity contribution >= 4 is 23.4 Å². The number of rotatable bonds is 4. The van der Waals surface area contributed by atoms with Crippen molar-refractivity contribution in [3.8, 4) is 5.75 Å². The molecule has 2 atom stereocenters. The van der Waals surface area contributed by atoms with Crippen LogP contribution in [0.4, 0.5) is 0 Å². The van der Waals surface area contributed by atoms with Crippen molar-refractivity contribution < 1.29 is 14.3 Å². The largest absolute Gasteiger partial charge is 0.496 e. The van der Waals surface area contributed by atoms with Gasteiger partial charge >= 0.3 is 0 Å². The fourth-order valence-corrected chi connectivity index (χ4v) is 4.10. The number of hydrogen-bond donors (Lipinski definition) is 2. The number of benzene rings is 2. The summed E-state index contributed by atoms with van der Waals surface area (Å²) in [4.78, 5) is 29.4. The quantitative estimate of drug-likeness (QED) is 0.781. The number of hydrazine groups is 1. The molecule has 0 aliphatic carbocycles. The van der Waals surface area contributed by atoms with Crippen LogP contribution in [0.3, 0.4) is 0 Å². The average molecular weight is 429 g/mol.